The lowest BCUT2D eigenvalue weighted by atomic mass is 9.84. The van der Waals surface area contributed by atoms with Crippen molar-refractivity contribution >= 4 is 36.6 Å². The second-order valence-electron chi connectivity index (χ2n) is 7.89. The summed E-state index contributed by atoms with van der Waals surface area (Å²) in [6.07, 6.45) is -1.64. The lowest BCUT2D eigenvalue weighted by Gasteiger charge is -2.38. The number of ether oxygens (including phenoxy) is 1. The zero-order chi connectivity index (χ0) is 19.3. The summed E-state index contributed by atoms with van der Waals surface area (Å²) in [7, 11) is 3.09. The van der Waals surface area contributed by atoms with Crippen molar-refractivity contribution in [1.29, 1.82) is 0 Å². The molecule has 0 bridgehead atoms. The third-order valence-electron chi connectivity index (χ3n) is 5.41. The molecule has 0 saturated heterocycles. The summed E-state index contributed by atoms with van der Waals surface area (Å²) in [5.74, 6) is 0. The predicted molar refractivity (Wildman–Crippen MR) is 103 cm³/mol. The molecule has 26 heavy (non-hydrogen) atoms. The van der Waals surface area contributed by atoms with E-state index in [9.17, 15) is 8.78 Å². The van der Waals surface area contributed by atoms with Gasteiger partial charge >= 0.3 is 7.48 Å². The van der Waals surface area contributed by atoms with Crippen LogP contribution < -0.4 is 10.2 Å². The Morgan fingerprint density at radius 1 is 1.27 bits per heavy atom. The Bertz CT molecular complexity index is 813. The van der Waals surface area contributed by atoms with E-state index in [2.05, 4.69) is 17.6 Å². The van der Waals surface area contributed by atoms with E-state index in [0.29, 0.717) is 23.9 Å². The fourth-order valence-corrected chi connectivity index (χ4v) is 2.79. The molecule has 1 aromatic heterocycles. The molecule has 8 heteroatoms. The van der Waals surface area contributed by atoms with E-state index in [1.54, 1.807) is 13.5 Å². The van der Waals surface area contributed by atoms with E-state index in [-0.39, 0.29) is 10.8 Å². The van der Waals surface area contributed by atoms with Gasteiger partial charge in [0.25, 0.3) is 12.4 Å². The summed E-state index contributed by atoms with van der Waals surface area (Å²) in [6.45, 7) is 7.87. The van der Waals surface area contributed by atoms with Gasteiger partial charge in [-0.2, -0.15) is 17.6 Å². The Balaban J connectivity index is 1.96. The average molecular weight is 381 g/mol. The van der Waals surface area contributed by atoms with E-state index in [4.69, 9.17) is 9.39 Å². The first-order chi connectivity index (χ1) is 12.0. The van der Waals surface area contributed by atoms with Gasteiger partial charge in [-0.25, -0.2) is 8.78 Å². The van der Waals surface area contributed by atoms with Gasteiger partial charge in [0.05, 0.1) is 23.7 Å². The topological polar surface area (TPSA) is 36.3 Å². The van der Waals surface area contributed by atoms with Gasteiger partial charge < -0.3 is 9.39 Å². The SMILES string of the molecule is COc1nc2ccc([B]OC(C)(C)C(C)(C)S)cc2n1C1(C(F)F)CC1. The zero-order valence-electron chi connectivity index (χ0n) is 15.7. The number of hydrogen-bond acceptors (Lipinski definition) is 4. The van der Waals surface area contributed by atoms with Crippen molar-refractivity contribution in [1.82, 2.24) is 9.55 Å². The molecule has 3 rings (SSSR count). The van der Waals surface area contributed by atoms with Crippen LogP contribution in [-0.2, 0) is 10.2 Å². The molecule has 0 atom stereocenters. The van der Waals surface area contributed by atoms with Crippen LogP contribution in [0.25, 0.3) is 11.0 Å². The molecule has 2 aromatic rings. The van der Waals surface area contributed by atoms with Crippen molar-refractivity contribution in [3.8, 4) is 6.01 Å². The van der Waals surface area contributed by atoms with Crippen LogP contribution in [0.5, 0.6) is 6.01 Å². The number of halogens is 2. The minimum atomic E-state index is -2.47. The second kappa shape index (κ2) is 6.41. The summed E-state index contributed by atoms with van der Waals surface area (Å²) in [6, 6.07) is 5.68. The zero-order valence-corrected chi connectivity index (χ0v) is 16.6. The van der Waals surface area contributed by atoms with Crippen molar-refractivity contribution < 1.29 is 18.2 Å². The number of thiol groups is 1. The number of imidazole rings is 1. The summed E-state index contributed by atoms with van der Waals surface area (Å²) in [5, 5.41) is 0. The minimum Gasteiger partial charge on any atom is -0.468 e. The molecule has 1 heterocycles. The maximum atomic E-state index is 13.7. The fourth-order valence-electron chi connectivity index (χ4n) is 2.74. The molecule has 1 radical (unpaired) electrons. The van der Waals surface area contributed by atoms with E-state index in [1.807, 2.05) is 39.8 Å². The van der Waals surface area contributed by atoms with Gasteiger partial charge in [0.15, 0.2) is 0 Å². The van der Waals surface area contributed by atoms with E-state index in [1.165, 1.54) is 11.7 Å². The molecular formula is C18H24BF2N2O2S. The highest BCUT2D eigenvalue weighted by Crippen LogP contribution is 2.51. The maximum Gasteiger partial charge on any atom is 0.330 e. The van der Waals surface area contributed by atoms with Gasteiger partial charge in [0.2, 0.25) is 0 Å². The second-order valence-corrected chi connectivity index (χ2v) is 9.01. The Morgan fingerprint density at radius 2 is 1.92 bits per heavy atom. The fraction of sp³-hybridized carbons (Fsp3) is 0.611. The molecule has 0 spiro atoms. The van der Waals surface area contributed by atoms with Crippen LogP contribution in [0.4, 0.5) is 8.78 Å². The quantitative estimate of drug-likeness (QED) is 0.589. The van der Waals surface area contributed by atoms with E-state index >= 15 is 0 Å². The molecule has 1 aromatic carbocycles. The van der Waals surface area contributed by atoms with Crippen LogP contribution in [0, 0.1) is 0 Å². The number of hydrogen-bond donors (Lipinski definition) is 1. The standard InChI is InChI=1S/C18H24BF2N2O2S/c1-16(2,17(3,4)26)25-19-11-6-7-12-13(10-11)23(15(22-12)24-5)18(8-9-18)14(20)21/h6-7,10,14,26H,8-9H2,1-5H3. The summed E-state index contributed by atoms with van der Waals surface area (Å²) < 4.78 is 39.7. The highest BCUT2D eigenvalue weighted by atomic mass is 32.1. The summed E-state index contributed by atoms with van der Waals surface area (Å²) >= 11 is 4.58. The Labute approximate surface area is 158 Å². The molecule has 141 valence electrons. The first-order valence-corrected chi connectivity index (χ1v) is 9.05. The smallest absolute Gasteiger partial charge is 0.330 e. The first-order valence-electron chi connectivity index (χ1n) is 8.60. The summed E-state index contributed by atoms with van der Waals surface area (Å²) in [5.41, 5.74) is 0.298. The van der Waals surface area contributed by atoms with E-state index in [0.717, 1.165) is 5.46 Å². The number of fused-ring (bicyclic) bond motifs is 1. The van der Waals surface area contributed by atoms with Crippen molar-refractivity contribution in [3.05, 3.63) is 18.2 Å². The van der Waals surface area contributed by atoms with Gasteiger partial charge in [0.1, 0.15) is 5.54 Å². The van der Waals surface area contributed by atoms with Gasteiger partial charge in [-0.3, -0.25) is 4.57 Å². The van der Waals surface area contributed by atoms with Gasteiger partial charge in [-0.05, 0) is 52.7 Å². The predicted octanol–water partition coefficient (Wildman–Crippen LogP) is 3.55. The number of rotatable bonds is 7. The van der Waals surface area contributed by atoms with Crippen molar-refractivity contribution in [2.75, 3.05) is 7.11 Å². The third kappa shape index (κ3) is 3.22. The normalized spacial score (nSPS) is 17.0. The highest BCUT2D eigenvalue weighted by Gasteiger charge is 2.55. The van der Waals surface area contributed by atoms with Crippen LogP contribution in [0.15, 0.2) is 18.2 Å². The number of benzene rings is 1. The Hall–Kier alpha value is -1.28. The van der Waals surface area contributed by atoms with Crippen molar-refractivity contribution in [3.63, 3.8) is 0 Å². The van der Waals surface area contributed by atoms with Crippen LogP contribution in [0.3, 0.4) is 0 Å². The molecule has 0 N–H and O–H groups in total. The first kappa shape index (κ1) is 19.5. The third-order valence-corrected chi connectivity index (χ3v) is 5.95. The lowest BCUT2D eigenvalue weighted by Crippen LogP contribution is -2.45. The monoisotopic (exact) mass is 381 g/mol. The molecule has 1 saturated carbocycles. The maximum absolute atomic E-state index is 13.7. The van der Waals surface area contributed by atoms with Crippen LogP contribution in [0.1, 0.15) is 40.5 Å². The molecule has 0 aliphatic heterocycles. The molecule has 1 aliphatic carbocycles. The largest absolute Gasteiger partial charge is 0.468 e. The molecular weight excluding hydrogens is 357 g/mol. The van der Waals surface area contributed by atoms with Gasteiger partial charge in [-0.15, -0.1) is 0 Å². The van der Waals surface area contributed by atoms with Crippen molar-refractivity contribution in [2.24, 2.45) is 0 Å². The number of methoxy groups -OCH3 is 1. The van der Waals surface area contributed by atoms with Gasteiger partial charge in [-0.1, -0.05) is 11.5 Å². The van der Waals surface area contributed by atoms with Crippen molar-refractivity contribution in [2.45, 2.75) is 62.8 Å². The Kier molecular flexibility index (Phi) is 4.80. The molecule has 0 unspecified atom stereocenters. The number of aromatic nitrogens is 2. The Morgan fingerprint density at radius 3 is 2.42 bits per heavy atom. The van der Waals surface area contributed by atoms with Crippen LogP contribution in [-0.4, -0.2) is 40.9 Å². The lowest BCUT2D eigenvalue weighted by molar-refractivity contribution is 0.0646. The molecule has 0 amide bonds. The molecule has 1 aliphatic rings. The van der Waals surface area contributed by atoms with Crippen LogP contribution >= 0.6 is 12.6 Å². The number of alkyl halides is 2. The average Bonchev–Trinajstić information content (AvgIpc) is 3.27. The number of nitrogens with zero attached hydrogens (tertiary/aromatic N) is 2. The van der Waals surface area contributed by atoms with E-state index < -0.39 is 17.6 Å². The summed E-state index contributed by atoms with van der Waals surface area (Å²) in [4.78, 5) is 4.35. The molecule has 1 fully saturated rings. The van der Waals surface area contributed by atoms with Crippen LogP contribution in [0.2, 0.25) is 0 Å². The minimum absolute atomic E-state index is 0.215. The molecule has 4 nitrogen and oxygen atoms in total. The van der Waals surface area contributed by atoms with Gasteiger partial charge in [0, 0.05) is 4.75 Å². The highest BCUT2D eigenvalue weighted by molar-refractivity contribution is 7.81.